The Kier molecular flexibility index (Phi) is 9.58. The summed E-state index contributed by atoms with van der Waals surface area (Å²) in [6.07, 6.45) is 0.774. The second-order valence-electron chi connectivity index (χ2n) is 4.91. The minimum Gasteiger partial charge on any atom is -0.491 e. The highest BCUT2D eigenvalue weighted by Gasteiger charge is 1.98. The Balaban J connectivity index is 0.000000251. The number of carbonyl (C=O) groups excluding carboxylic acids is 2. The molecule has 0 aliphatic heterocycles. The van der Waals surface area contributed by atoms with Crippen molar-refractivity contribution in [3.05, 3.63) is 59.7 Å². The Labute approximate surface area is 146 Å². The third-order valence-corrected chi connectivity index (χ3v) is 3.00. The average molecular weight is 346 g/mol. The Bertz CT molecular complexity index is 634. The van der Waals surface area contributed by atoms with Crippen molar-refractivity contribution in [2.24, 2.45) is 0 Å². The van der Waals surface area contributed by atoms with Crippen LogP contribution in [0, 0.1) is 0 Å². The molecule has 0 aromatic heterocycles. The first-order valence-electron chi connectivity index (χ1n) is 7.74. The van der Waals surface area contributed by atoms with E-state index in [0.29, 0.717) is 22.6 Å². The fraction of sp³-hybridized carbons (Fsp3) is 0.263. The van der Waals surface area contributed by atoms with Gasteiger partial charge in [-0.15, -0.1) is 0 Å². The summed E-state index contributed by atoms with van der Waals surface area (Å²) in [5.74, 6) is 1.36. The number of aliphatic hydroxyl groups excluding tert-OH is 2. The molecule has 0 unspecified atom stereocenters. The predicted molar refractivity (Wildman–Crippen MR) is 93.4 cm³/mol. The van der Waals surface area contributed by atoms with Crippen LogP contribution in [0.3, 0.4) is 0 Å². The van der Waals surface area contributed by atoms with E-state index < -0.39 is 0 Å². The molecule has 0 fully saturated rings. The van der Waals surface area contributed by atoms with Crippen LogP contribution in [0.5, 0.6) is 11.5 Å². The van der Waals surface area contributed by atoms with Gasteiger partial charge < -0.3 is 19.7 Å². The van der Waals surface area contributed by atoms with Crippen LogP contribution in [0.2, 0.25) is 0 Å². The molecule has 0 amide bonds. The van der Waals surface area contributed by atoms with E-state index in [1.165, 1.54) is 6.92 Å². The van der Waals surface area contributed by atoms with Crippen LogP contribution in [-0.4, -0.2) is 48.7 Å². The van der Waals surface area contributed by atoms with Crippen LogP contribution in [0.4, 0.5) is 0 Å². The third-order valence-electron chi connectivity index (χ3n) is 3.00. The summed E-state index contributed by atoms with van der Waals surface area (Å²) >= 11 is 0. The molecule has 0 saturated heterocycles. The van der Waals surface area contributed by atoms with Crippen molar-refractivity contribution >= 4 is 12.1 Å². The van der Waals surface area contributed by atoms with Gasteiger partial charge >= 0.3 is 0 Å². The van der Waals surface area contributed by atoms with Crippen molar-refractivity contribution in [2.75, 3.05) is 26.4 Å². The first-order chi connectivity index (χ1) is 12.1. The Morgan fingerprint density at radius 2 is 1.32 bits per heavy atom. The summed E-state index contributed by atoms with van der Waals surface area (Å²) in [4.78, 5) is 21.1. The van der Waals surface area contributed by atoms with Gasteiger partial charge in [0.25, 0.3) is 0 Å². The number of hydrogen-bond acceptors (Lipinski definition) is 6. The molecule has 0 atom stereocenters. The van der Waals surface area contributed by atoms with Crippen LogP contribution < -0.4 is 9.47 Å². The van der Waals surface area contributed by atoms with Crippen molar-refractivity contribution in [1.29, 1.82) is 0 Å². The molecule has 134 valence electrons. The van der Waals surface area contributed by atoms with Gasteiger partial charge in [-0.1, -0.05) is 0 Å². The molecule has 2 N–H and O–H groups in total. The Morgan fingerprint density at radius 1 is 0.880 bits per heavy atom. The number of Topliss-reactive ketones (excluding diaryl/α,β-unsaturated/α-hetero) is 1. The van der Waals surface area contributed by atoms with E-state index in [2.05, 4.69) is 0 Å². The molecule has 2 rings (SSSR count). The lowest BCUT2D eigenvalue weighted by molar-refractivity contribution is 0.101. The Hall–Kier alpha value is -2.70. The smallest absolute Gasteiger partial charge is 0.159 e. The van der Waals surface area contributed by atoms with E-state index in [4.69, 9.17) is 19.7 Å². The zero-order valence-corrected chi connectivity index (χ0v) is 14.1. The van der Waals surface area contributed by atoms with Gasteiger partial charge in [0, 0.05) is 11.1 Å². The number of carbonyl (C=O) groups is 2. The second kappa shape index (κ2) is 11.8. The van der Waals surface area contributed by atoms with Crippen LogP contribution in [0.1, 0.15) is 27.6 Å². The van der Waals surface area contributed by atoms with Gasteiger partial charge in [-0.25, -0.2) is 0 Å². The number of rotatable bonds is 8. The summed E-state index contributed by atoms with van der Waals surface area (Å²) in [7, 11) is 0. The summed E-state index contributed by atoms with van der Waals surface area (Å²) < 4.78 is 10.2. The molecule has 6 nitrogen and oxygen atoms in total. The van der Waals surface area contributed by atoms with Gasteiger partial charge in [0.1, 0.15) is 31.0 Å². The molecule has 0 saturated carbocycles. The highest BCUT2D eigenvalue weighted by molar-refractivity contribution is 5.94. The molecule has 0 aliphatic rings. The molecule has 0 bridgehead atoms. The van der Waals surface area contributed by atoms with Gasteiger partial charge in [-0.2, -0.15) is 0 Å². The summed E-state index contributed by atoms with van der Waals surface area (Å²) in [5.41, 5.74) is 1.28. The first-order valence-corrected chi connectivity index (χ1v) is 7.74. The monoisotopic (exact) mass is 346 g/mol. The van der Waals surface area contributed by atoms with E-state index in [1.54, 1.807) is 48.5 Å². The van der Waals surface area contributed by atoms with Crippen LogP contribution in [-0.2, 0) is 0 Å². The normalized spacial score (nSPS) is 9.56. The third kappa shape index (κ3) is 8.10. The van der Waals surface area contributed by atoms with Crippen molar-refractivity contribution in [1.82, 2.24) is 0 Å². The van der Waals surface area contributed by atoms with Crippen LogP contribution >= 0.6 is 0 Å². The molecule has 0 spiro atoms. The summed E-state index contributed by atoms with van der Waals surface area (Å²) in [6, 6.07) is 13.6. The highest BCUT2D eigenvalue weighted by Crippen LogP contribution is 2.12. The number of aldehydes is 1. The number of ketones is 1. The van der Waals surface area contributed by atoms with Crippen LogP contribution in [0.25, 0.3) is 0 Å². The molecule has 0 aliphatic carbocycles. The lowest BCUT2D eigenvalue weighted by Crippen LogP contribution is -2.01. The van der Waals surface area contributed by atoms with Crippen molar-refractivity contribution < 1.29 is 29.3 Å². The highest BCUT2D eigenvalue weighted by atomic mass is 16.5. The quantitative estimate of drug-likeness (QED) is 0.562. The average Bonchev–Trinajstić information content (AvgIpc) is 2.66. The maximum atomic E-state index is 10.9. The number of aliphatic hydroxyl groups is 2. The van der Waals surface area contributed by atoms with Gasteiger partial charge in [0.05, 0.1) is 13.2 Å². The molecular formula is C19H22O6. The van der Waals surface area contributed by atoms with Crippen molar-refractivity contribution in [3.8, 4) is 11.5 Å². The largest absolute Gasteiger partial charge is 0.491 e. The summed E-state index contributed by atoms with van der Waals surface area (Å²) in [5, 5.41) is 16.9. The van der Waals surface area contributed by atoms with Gasteiger partial charge in [0.2, 0.25) is 0 Å². The zero-order valence-electron chi connectivity index (χ0n) is 14.1. The maximum absolute atomic E-state index is 10.9. The van der Waals surface area contributed by atoms with Gasteiger partial charge in [-0.3, -0.25) is 9.59 Å². The molecule has 2 aromatic carbocycles. The topological polar surface area (TPSA) is 93.1 Å². The fourth-order valence-corrected chi connectivity index (χ4v) is 1.76. The molecule has 6 heteroatoms. The van der Waals surface area contributed by atoms with E-state index in [9.17, 15) is 9.59 Å². The lowest BCUT2D eigenvalue weighted by atomic mass is 10.1. The first kappa shape index (κ1) is 20.3. The zero-order chi connectivity index (χ0) is 18.5. The summed E-state index contributed by atoms with van der Waals surface area (Å²) in [6.45, 7) is 2.06. The fourth-order valence-electron chi connectivity index (χ4n) is 1.76. The molecule has 25 heavy (non-hydrogen) atoms. The minimum absolute atomic E-state index is 0.00453. The van der Waals surface area contributed by atoms with Crippen molar-refractivity contribution in [2.45, 2.75) is 6.92 Å². The lowest BCUT2D eigenvalue weighted by Gasteiger charge is -2.03. The van der Waals surface area contributed by atoms with Gasteiger partial charge in [-0.05, 0) is 55.5 Å². The number of hydrogen-bond donors (Lipinski definition) is 2. The van der Waals surface area contributed by atoms with E-state index in [-0.39, 0.29) is 32.2 Å². The number of ether oxygens (including phenoxy) is 2. The second-order valence-corrected chi connectivity index (χ2v) is 4.91. The molecule has 0 heterocycles. The molecule has 0 radical (unpaired) electrons. The predicted octanol–water partition coefficient (Wildman–Crippen LogP) is 2.13. The van der Waals surface area contributed by atoms with Gasteiger partial charge in [0.15, 0.2) is 5.78 Å². The standard InChI is InChI=1S/C10H12O3.C9H10O3/c1-8(12)9-2-4-10(5-3-9)13-7-6-11;10-5-6-12-9-3-1-8(7-11)2-4-9/h2-5,11H,6-7H2,1H3;1-4,7,10H,5-6H2. The van der Waals surface area contributed by atoms with E-state index in [1.807, 2.05) is 0 Å². The van der Waals surface area contributed by atoms with Crippen LogP contribution in [0.15, 0.2) is 48.5 Å². The molecule has 2 aromatic rings. The van der Waals surface area contributed by atoms with E-state index >= 15 is 0 Å². The maximum Gasteiger partial charge on any atom is 0.159 e. The minimum atomic E-state index is -0.00550. The SMILES string of the molecule is CC(=O)c1ccc(OCCO)cc1.O=Cc1ccc(OCCO)cc1. The number of benzene rings is 2. The molecular weight excluding hydrogens is 324 g/mol. The Morgan fingerprint density at radius 3 is 1.68 bits per heavy atom. The van der Waals surface area contributed by atoms with E-state index in [0.717, 1.165) is 6.29 Å². The van der Waals surface area contributed by atoms with Crippen molar-refractivity contribution in [3.63, 3.8) is 0 Å².